The lowest BCUT2D eigenvalue weighted by molar-refractivity contribution is 0.0743. The van der Waals surface area contributed by atoms with Crippen LogP contribution < -0.4 is 14.4 Å². The van der Waals surface area contributed by atoms with E-state index in [1.165, 1.54) is 16.8 Å². The van der Waals surface area contributed by atoms with Gasteiger partial charge in [-0.2, -0.15) is 0 Å². The van der Waals surface area contributed by atoms with E-state index in [1.54, 1.807) is 32.4 Å². The van der Waals surface area contributed by atoms with Gasteiger partial charge in [0.2, 0.25) is 0 Å². The Labute approximate surface area is 155 Å². The summed E-state index contributed by atoms with van der Waals surface area (Å²) in [4.78, 5) is 17.2. The van der Waals surface area contributed by atoms with Gasteiger partial charge in [-0.15, -0.1) is 0 Å². The number of carbonyl (C=O) groups excluding carboxylic acids is 1. The molecule has 138 valence electrons. The minimum Gasteiger partial charge on any atom is -0.497 e. The number of hydrogen-bond acceptors (Lipinski definition) is 4. The molecule has 0 saturated carbocycles. The van der Waals surface area contributed by atoms with E-state index in [4.69, 9.17) is 9.47 Å². The molecule has 1 saturated heterocycles. The standard InChI is InChI=1S/C21H26N2O3/c1-15-5-8-19(16(2)13-15)22-9-11-23(12-10-22)21(24)18-7-6-17(25-3)14-20(18)26-4/h5-8,13-14H,9-12H2,1-4H3. The molecule has 5 nitrogen and oxygen atoms in total. The van der Waals surface area contributed by atoms with Crippen molar-refractivity contribution in [2.45, 2.75) is 13.8 Å². The molecule has 1 fully saturated rings. The first-order valence-electron chi connectivity index (χ1n) is 8.87. The van der Waals surface area contributed by atoms with Gasteiger partial charge in [0.05, 0.1) is 19.8 Å². The van der Waals surface area contributed by atoms with Crippen molar-refractivity contribution in [1.29, 1.82) is 0 Å². The summed E-state index contributed by atoms with van der Waals surface area (Å²) in [7, 11) is 3.17. The second-order valence-electron chi connectivity index (χ2n) is 6.64. The Kier molecular flexibility index (Phi) is 5.35. The highest BCUT2D eigenvalue weighted by molar-refractivity contribution is 5.97. The summed E-state index contributed by atoms with van der Waals surface area (Å²) in [6.45, 7) is 7.29. The van der Waals surface area contributed by atoms with Crippen LogP contribution in [0.1, 0.15) is 21.5 Å². The van der Waals surface area contributed by atoms with Crippen LogP contribution in [0.3, 0.4) is 0 Å². The summed E-state index contributed by atoms with van der Waals surface area (Å²) in [6.07, 6.45) is 0. The van der Waals surface area contributed by atoms with E-state index in [0.717, 1.165) is 13.1 Å². The highest BCUT2D eigenvalue weighted by Gasteiger charge is 2.25. The molecule has 2 aromatic rings. The molecule has 2 aromatic carbocycles. The predicted molar refractivity (Wildman–Crippen MR) is 104 cm³/mol. The maximum Gasteiger partial charge on any atom is 0.257 e. The molecule has 5 heteroatoms. The maximum absolute atomic E-state index is 12.9. The van der Waals surface area contributed by atoms with Crippen molar-refractivity contribution < 1.29 is 14.3 Å². The monoisotopic (exact) mass is 354 g/mol. The van der Waals surface area contributed by atoms with Crippen molar-refractivity contribution in [1.82, 2.24) is 4.90 Å². The minimum atomic E-state index is 0.00443. The number of aryl methyl sites for hydroxylation is 2. The Balaban J connectivity index is 1.71. The minimum absolute atomic E-state index is 0.00443. The Hall–Kier alpha value is -2.69. The molecule has 0 aromatic heterocycles. The van der Waals surface area contributed by atoms with Crippen LogP contribution in [0.15, 0.2) is 36.4 Å². The molecular weight excluding hydrogens is 328 g/mol. The Bertz CT molecular complexity index is 796. The third-order valence-corrected chi connectivity index (χ3v) is 4.90. The van der Waals surface area contributed by atoms with Gasteiger partial charge in [0.15, 0.2) is 0 Å². The normalized spacial score (nSPS) is 14.3. The first-order valence-corrected chi connectivity index (χ1v) is 8.87. The van der Waals surface area contributed by atoms with E-state index in [0.29, 0.717) is 30.2 Å². The fourth-order valence-electron chi connectivity index (χ4n) is 3.46. The van der Waals surface area contributed by atoms with Crippen LogP contribution in [-0.4, -0.2) is 51.2 Å². The van der Waals surface area contributed by atoms with Gasteiger partial charge in [0.1, 0.15) is 11.5 Å². The third kappa shape index (κ3) is 3.62. The van der Waals surface area contributed by atoms with Gasteiger partial charge in [-0.1, -0.05) is 17.7 Å². The average Bonchev–Trinajstić information content (AvgIpc) is 2.67. The van der Waals surface area contributed by atoms with Crippen molar-refractivity contribution >= 4 is 11.6 Å². The van der Waals surface area contributed by atoms with Gasteiger partial charge in [0.25, 0.3) is 5.91 Å². The molecule has 26 heavy (non-hydrogen) atoms. The largest absolute Gasteiger partial charge is 0.497 e. The number of hydrogen-bond donors (Lipinski definition) is 0. The lowest BCUT2D eigenvalue weighted by Gasteiger charge is -2.37. The fraction of sp³-hybridized carbons (Fsp3) is 0.381. The number of amides is 1. The number of carbonyl (C=O) groups is 1. The summed E-state index contributed by atoms with van der Waals surface area (Å²) in [5, 5.41) is 0. The molecule has 1 amide bonds. The zero-order valence-corrected chi connectivity index (χ0v) is 15.9. The molecule has 0 unspecified atom stereocenters. The smallest absolute Gasteiger partial charge is 0.257 e. The summed E-state index contributed by atoms with van der Waals surface area (Å²) < 4.78 is 10.6. The van der Waals surface area contributed by atoms with Crippen LogP contribution in [-0.2, 0) is 0 Å². The second-order valence-corrected chi connectivity index (χ2v) is 6.64. The number of methoxy groups -OCH3 is 2. The molecule has 3 rings (SSSR count). The molecule has 0 N–H and O–H groups in total. The van der Waals surface area contributed by atoms with Gasteiger partial charge < -0.3 is 19.3 Å². The Morgan fingerprint density at radius 3 is 2.27 bits per heavy atom. The summed E-state index contributed by atoms with van der Waals surface area (Å²) >= 11 is 0. The van der Waals surface area contributed by atoms with Crippen LogP contribution in [0, 0.1) is 13.8 Å². The Morgan fingerprint density at radius 1 is 0.923 bits per heavy atom. The van der Waals surface area contributed by atoms with Crippen LogP contribution >= 0.6 is 0 Å². The summed E-state index contributed by atoms with van der Waals surface area (Å²) in [5.74, 6) is 1.23. The van der Waals surface area contributed by atoms with E-state index < -0.39 is 0 Å². The van der Waals surface area contributed by atoms with E-state index in [1.807, 2.05) is 4.90 Å². The zero-order chi connectivity index (χ0) is 18.7. The van der Waals surface area contributed by atoms with Gasteiger partial charge >= 0.3 is 0 Å². The number of rotatable bonds is 4. The Morgan fingerprint density at radius 2 is 1.65 bits per heavy atom. The van der Waals surface area contributed by atoms with Crippen molar-refractivity contribution in [2.75, 3.05) is 45.3 Å². The zero-order valence-electron chi connectivity index (χ0n) is 15.9. The molecule has 1 aliphatic heterocycles. The molecule has 0 spiro atoms. The maximum atomic E-state index is 12.9. The topological polar surface area (TPSA) is 42.0 Å². The van der Waals surface area contributed by atoms with E-state index >= 15 is 0 Å². The van der Waals surface area contributed by atoms with E-state index in [2.05, 4.69) is 36.9 Å². The molecule has 0 atom stereocenters. The first-order chi connectivity index (χ1) is 12.5. The first kappa shape index (κ1) is 18.1. The van der Waals surface area contributed by atoms with Gasteiger partial charge in [-0.05, 0) is 37.6 Å². The average molecular weight is 354 g/mol. The quantitative estimate of drug-likeness (QED) is 0.845. The highest BCUT2D eigenvalue weighted by atomic mass is 16.5. The molecule has 0 bridgehead atoms. The van der Waals surface area contributed by atoms with Crippen molar-refractivity contribution in [3.63, 3.8) is 0 Å². The SMILES string of the molecule is COc1ccc(C(=O)N2CCN(c3ccc(C)cc3C)CC2)c(OC)c1. The van der Waals surface area contributed by atoms with E-state index in [9.17, 15) is 4.79 Å². The number of benzene rings is 2. The highest BCUT2D eigenvalue weighted by Crippen LogP contribution is 2.27. The number of ether oxygens (including phenoxy) is 2. The number of anilines is 1. The van der Waals surface area contributed by atoms with Crippen molar-refractivity contribution in [3.05, 3.63) is 53.1 Å². The van der Waals surface area contributed by atoms with Crippen LogP contribution in [0.5, 0.6) is 11.5 Å². The van der Waals surface area contributed by atoms with Gasteiger partial charge in [-0.3, -0.25) is 4.79 Å². The molecule has 1 heterocycles. The van der Waals surface area contributed by atoms with Crippen molar-refractivity contribution in [3.8, 4) is 11.5 Å². The van der Waals surface area contributed by atoms with Gasteiger partial charge in [0, 0.05) is 37.9 Å². The number of piperazine rings is 1. The lowest BCUT2D eigenvalue weighted by atomic mass is 10.1. The van der Waals surface area contributed by atoms with Crippen LogP contribution in [0.25, 0.3) is 0 Å². The summed E-state index contributed by atoms with van der Waals surface area (Å²) in [5.41, 5.74) is 4.38. The number of nitrogens with zero attached hydrogens (tertiary/aromatic N) is 2. The van der Waals surface area contributed by atoms with Crippen LogP contribution in [0.4, 0.5) is 5.69 Å². The van der Waals surface area contributed by atoms with Gasteiger partial charge in [-0.25, -0.2) is 0 Å². The second kappa shape index (κ2) is 7.68. The predicted octanol–water partition coefficient (Wildman–Crippen LogP) is 3.28. The fourth-order valence-corrected chi connectivity index (χ4v) is 3.46. The third-order valence-electron chi connectivity index (χ3n) is 4.90. The summed E-state index contributed by atoms with van der Waals surface area (Å²) in [6, 6.07) is 11.8. The van der Waals surface area contributed by atoms with Crippen LogP contribution in [0.2, 0.25) is 0 Å². The molecule has 1 aliphatic rings. The molecular formula is C21H26N2O3. The molecule has 0 radical (unpaired) electrons. The van der Waals surface area contributed by atoms with Crippen molar-refractivity contribution in [2.24, 2.45) is 0 Å². The van der Waals surface area contributed by atoms with E-state index in [-0.39, 0.29) is 5.91 Å². The molecule has 0 aliphatic carbocycles. The lowest BCUT2D eigenvalue weighted by Crippen LogP contribution is -2.49.